The minimum atomic E-state index is -0.851. The average molecular weight is 1030 g/mol. The SMILES string of the molecule is [Pt].[c-]1c(N2[OH+]N(c3ccccc3)c3ccccc32)cccc1C(c1[c-]c2c(cc1)c1ccccc1n2-c1cc(-c2ccccc2-c2ccccc2)ccn1)(c1ccccc1)c1ccccc1. The summed E-state index contributed by atoms with van der Waals surface area (Å²) in [4.78, 5) is 10.3. The molecule has 1 aliphatic heterocycles. The summed E-state index contributed by atoms with van der Waals surface area (Å²) in [7, 11) is 0. The van der Waals surface area contributed by atoms with Gasteiger partial charge in [0, 0.05) is 43.9 Å². The van der Waals surface area contributed by atoms with Gasteiger partial charge in [0.2, 0.25) is 0 Å². The van der Waals surface area contributed by atoms with Crippen LogP contribution in [0.15, 0.2) is 243 Å². The number of rotatable bonds is 9. The summed E-state index contributed by atoms with van der Waals surface area (Å²) in [5, 5.41) is 6.24. The van der Waals surface area contributed by atoms with Crippen molar-refractivity contribution < 1.29 is 26.0 Å². The monoisotopic (exact) mass is 1030 g/mol. The second kappa shape index (κ2) is 17.3. The number of hydrogen-bond acceptors (Lipinski definition) is 3. The normalized spacial score (nSPS) is 12.3. The van der Waals surface area contributed by atoms with E-state index in [1.165, 1.54) is 11.1 Å². The van der Waals surface area contributed by atoms with E-state index in [-0.39, 0.29) is 21.1 Å². The van der Waals surface area contributed by atoms with E-state index in [9.17, 15) is 0 Å². The first-order valence-electron chi connectivity index (χ1n) is 21.9. The first-order valence-corrected chi connectivity index (χ1v) is 21.9. The molecule has 0 fully saturated rings. The molecular formula is C60H41N4OPt-. The second-order valence-corrected chi connectivity index (χ2v) is 16.3. The van der Waals surface area contributed by atoms with Crippen molar-refractivity contribution in [2.75, 3.05) is 10.1 Å². The van der Waals surface area contributed by atoms with Crippen molar-refractivity contribution >= 4 is 44.6 Å². The molecule has 1 N–H and O–H groups in total. The molecule has 0 bridgehead atoms. The molecule has 0 amide bonds. The minimum absolute atomic E-state index is 0. The van der Waals surface area contributed by atoms with Crippen LogP contribution in [0.2, 0.25) is 0 Å². The van der Waals surface area contributed by atoms with E-state index in [2.05, 4.69) is 235 Å². The van der Waals surface area contributed by atoms with Gasteiger partial charge in [-0.3, -0.25) is 0 Å². The first-order chi connectivity index (χ1) is 32.3. The quantitative estimate of drug-likeness (QED) is 0.0821. The molecule has 2 aromatic heterocycles. The molecule has 1 aliphatic rings. The minimum Gasteiger partial charge on any atom is -0.319 e. The van der Waals surface area contributed by atoms with E-state index in [1.807, 2.05) is 34.5 Å². The Morgan fingerprint density at radius 2 is 1.02 bits per heavy atom. The van der Waals surface area contributed by atoms with Crippen LogP contribution < -0.4 is 10.1 Å². The maximum atomic E-state index is 5.22. The number of pyridine rings is 1. The molecule has 6 heteroatoms. The standard InChI is InChI=1S/C60H40N4O.Pt/c1-5-20-43(21-6-1)51-30-13-14-31-52(51)44-38-39-61-59(40-44)62-55-33-16-15-32-53(55)54-37-36-48(42-58(54)62)60(45-22-7-2-8-23-45,46-24-9-3-10-25-46)47-26-19-29-50(41-47)64-57-35-18-17-34-56(57)63(65-64)49-27-11-4-12-28-49;/h1-40H;/q-2;/p+1. The summed E-state index contributed by atoms with van der Waals surface area (Å²) in [6, 6.07) is 91.3. The average Bonchev–Trinajstić information content (AvgIpc) is 3.94. The zero-order valence-corrected chi connectivity index (χ0v) is 37.9. The molecule has 0 saturated carbocycles. The van der Waals surface area contributed by atoms with E-state index < -0.39 is 5.41 Å². The Balaban J connectivity index is 0.00000481. The molecular weight excluding hydrogens is 988 g/mol. The number of anilines is 4. The molecule has 0 aliphatic carbocycles. The molecule has 0 atom stereocenters. The summed E-state index contributed by atoms with van der Waals surface area (Å²) in [5.74, 6) is 0.820. The topological polar surface area (TPSA) is 37.1 Å². The van der Waals surface area contributed by atoms with Crippen LogP contribution >= 0.6 is 0 Å². The third-order valence-electron chi connectivity index (χ3n) is 12.6. The molecule has 12 rings (SSSR count). The number of fused-ring (bicyclic) bond motifs is 4. The van der Waals surface area contributed by atoms with Crippen LogP contribution in [0.5, 0.6) is 0 Å². The number of para-hydroxylation sites is 4. The van der Waals surface area contributed by atoms with Gasteiger partial charge in [-0.05, 0) is 81.2 Å². The predicted octanol–water partition coefficient (Wildman–Crippen LogP) is 14.6. The van der Waals surface area contributed by atoms with E-state index in [1.54, 1.807) is 0 Å². The van der Waals surface area contributed by atoms with Crippen LogP contribution in [-0.2, 0) is 26.5 Å². The van der Waals surface area contributed by atoms with Gasteiger partial charge in [0.25, 0.3) is 0 Å². The van der Waals surface area contributed by atoms with Crippen molar-refractivity contribution in [3.63, 3.8) is 0 Å². The predicted molar refractivity (Wildman–Crippen MR) is 264 cm³/mol. The molecule has 11 aromatic rings. The van der Waals surface area contributed by atoms with Crippen LogP contribution in [0.25, 0.3) is 49.9 Å². The Bertz CT molecular complexity index is 3450. The fourth-order valence-electron chi connectivity index (χ4n) is 9.72. The van der Waals surface area contributed by atoms with Gasteiger partial charge >= 0.3 is 0 Å². The first kappa shape index (κ1) is 40.9. The van der Waals surface area contributed by atoms with Crippen molar-refractivity contribution in [1.29, 1.82) is 0 Å². The van der Waals surface area contributed by atoms with E-state index in [0.717, 1.165) is 83.8 Å². The van der Waals surface area contributed by atoms with Crippen molar-refractivity contribution in [2.24, 2.45) is 0 Å². The maximum absolute atomic E-state index is 5.22. The molecule has 5 nitrogen and oxygen atoms in total. The fourth-order valence-corrected chi connectivity index (χ4v) is 9.72. The van der Waals surface area contributed by atoms with Crippen LogP contribution in [0.4, 0.5) is 22.7 Å². The Kier molecular flexibility index (Phi) is 10.7. The smallest absolute Gasteiger partial charge is 0.148 e. The van der Waals surface area contributed by atoms with Gasteiger partial charge in [-0.15, -0.1) is 33.7 Å². The third kappa shape index (κ3) is 6.84. The number of nitrogens with zero attached hydrogens (tertiary/aromatic N) is 4. The zero-order valence-electron chi connectivity index (χ0n) is 35.6. The molecule has 0 spiro atoms. The van der Waals surface area contributed by atoms with Crippen LogP contribution in [0.1, 0.15) is 22.3 Å². The number of hydrogen-bond donors (Lipinski definition) is 0. The molecule has 0 radical (unpaired) electrons. The fraction of sp³-hybridized carbons (Fsp3) is 0.0167. The Morgan fingerprint density at radius 1 is 0.439 bits per heavy atom. The second-order valence-electron chi connectivity index (χ2n) is 16.3. The molecule has 0 saturated heterocycles. The van der Waals surface area contributed by atoms with Crippen LogP contribution in [-0.4, -0.2) is 14.5 Å². The molecule has 3 heterocycles. The Hall–Kier alpha value is -7.82. The van der Waals surface area contributed by atoms with Crippen molar-refractivity contribution in [3.8, 4) is 28.1 Å². The molecule has 66 heavy (non-hydrogen) atoms. The Labute approximate surface area is 398 Å². The van der Waals surface area contributed by atoms with Crippen LogP contribution in [0, 0.1) is 12.1 Å². The van der Waals surface area contributed by atoms with E-state index in [4.69, 9.17) is 9.92 Å². The van der Waals surface area contributed by atoms with Crippen LogP contribution in [0.3, 0.4) is 0 Å². The van der Waals surface area contributed by atoms with Crippen molar-refractivity contribution in [2.45, 2.75) is 5.41 Å². The van der Waals surface area contributed by atoms with Gasteiger partial charge < -0.3 is 4.57 Å². The molecule has 0 unspecified atom stereocenters. The molecule has 9 aromatic carbocycles. The maximum Gasteiger partial charge on any atom is 0.148 e. The van der Waals surface area contributed by atoms with Gasteiger partial charge in [0.1, 0.15) is 22.9 Å². The Morgan fingerprint density at radius 3 is 1.73 bits per heavy atom. The van der Waals surface area contributed by atoms with Gasteiger partial charge in [0.15, 0.2) is 0 Å². The number of aromatic nitrogens is 2. The third-order valence-corrected chi connectivity index (χ3v) is 12.6. The molecule has 318 valence electrons. The van der Waals surface area contributed by atoms with E-state index in [0.29, 0.717) is 0 Å². The summed E-state index contributed by atoms with van der Waals surface area (Å²) in [6.07, 6.45) is 1.93. The van der Waals surface area contributed by atoms with Gasteiger partial charge in [-0.25, -0.2) is 4.98 Å². The zero-order chi connectivity index (χ0) is 43.2. The summed E-state index contributed by atoms with van der Waals surface area (Å²) in [6.45, 7) is 0. The van der Waals surface area contributed by atoms with Gasteiger partial charge in [-0.2, -0.15) is 35.3 Å². The van der Waals surface area contributed by atoms with Gasteiger partial charge in [0.05, 0.1) is 0 Å². The largest absolute Gasteiger partial charge is 0.319 e. The summed E-state index contributed by atoms with van der Waals surface area (Å²) >= 11 is 0. The van der Waals surface area contributed by atoms with E-state index >= 15 is 0 Å². The number of benzene rings is 9. The summed E-state index contributed by atoms with van der Waals surface area (Å²) in [5.41, 5.74) is 13.7. The van der Waals surface area contributed by atoms with Gasteiger partial charge in [-0.1, -0.05) is 174 Å². The van der Waals surface area contributed by atoms with Crippen molar-refractivity contribution in [1.82, 2.24) is 9.55 Å². The summed E-state index contributed by atoms with van der Waals surface area (Å²) < 4.78 is 2.28. The van der Waals surface area contributed by atoms with Crippen molar-refractivity contribution in [3.05, 3.63) is 277 Å².